The quantitative estimate of drug-likeness (QED) is 0.700. The zero-order valence-corrected chi connectivity index (χ0v) is 15.2. The number of benzene rings is 2. The molecular formula is C17H15Cl3N2O3. The molecule has 8 heteroatoms. The van der Waals surface area contributed by atoms with Crippen molar-refractivity contribution in [1.82, 2.24) is 5.32 Å². The van der Waals surface area contributed by atoms with Crippen LogP contribution in [0.5, 0.6) is 0 Å². The Balaban J connectivity index is 2.04. The van der Waals surface area contributed by atoms with Crippen molar-refractivity contribution in [2.24, 2.45) is 5.73 Å². The van der Waals surface area contributed by atoms with Crippen LogP contribution in [0.2, 0.25) is 15.1 Å². The van der Waals surface area contributed by atoms with Crippen molar-refractivity contribution in [2.45, 2.75) is 19.1 Å². The molecule has 0 spiro atoms. The molecule has 0 aromatic heterocycles. The van der Waals surface area contributed by atoms with E-state index in [0.717, 1.165) is 0 Å². The van der Waals surface area contributed by atoms with Gasteiger partial charge in [0.05, 0.1) is 12.5 Å². The molecule has 0 aliphatic rings. The van der Waals surface area contributed by atoms with Gasteiger partial charge in [0.1, 0.15) is 6.61 Å². The number of urea groups is 1. The first kappa shape index (κ1) is 19.4. The molecule has 2 rings (SSSR count). The number of hydrogen-bond donors (Lipinski definition) is 2. The zero-order valence-electron chi connectivity index (χ0n) is 13.0. The number of ether oxygens (including phenoxy) is 1. The molecule has 2 aromatic carbocycles. The number of halogens is 3. The number of primary amides is 1. The standard InChI is InChI=1S/C17H15Cl3N2O3/c18-11-6-5-10(14(20)7-11)9-25-16(23)8-15(22-17(21)24)12-3-1-2-4-13(12)19/h1-7,15H,8-9H2,(H3,21,22,24)/t15-/m0/s1. The summed E-state index contributed by atoms with van der Waals surface area (Å²) in [6.07, 6.45) is -0.127. The Labute approximate surface area is 160 Å². The summed E-state index contributed by atoms with van der Waals surface area (Å²) < 4.78 is 5.22. The summed E-state index contributed by atoms with van der Waals surface area (Å²) in [6.45, 7) is -0.0132. The fourth-order valence-electron chi connectivity index (χ4n) is 2.19. The molecule has 5 nitrogen and oxygen atoms in total. The average Bonchev–Trinajstić information content (AvgIpc) is 2.53. The third-order valence-corrected chi connectivity index (χ3v) is 4.30. The predicted octanol–water partition coefficient (Wildman–Crippen LogP) is 4.49. The summed E-state index contributed by atoms with van der Waals surface area (Å²) in [5, 5.41) is 3.80. The highest BCUT2D eigenvalue weighted by atomic mass is 35.5. The third-order valence-electron chi connectivity index (χ3n) is 3.37. The van der Waals surface area contributed by atoms with Gasteiger partial charge in [0, 0.05) is 20.6 Å². The van der Waals surface area contributed by atoms with E-state index in [9.17, 15) is 9.59 Å². The molecular weight excluding hydrogens is 387 g/mol. The molecule has 0 heterocycles. The fraction of sp³-hybridized carbons (Fsp3) is 0.176. The molecule has 0 bridgehead atoms. The van der Waals surface area contributed by atoms with Crippen molar-refractivity contribution in [2.75, 3.05) is 0 Å². The van der Waals surface area contributed by atoms with E-state index in [4.69, 9.17) is 45.3 Å². The van der Waals surface area contributed by atoms with Gasteiger partial charge in [-0.3, -0.25) is 4.79 Å². The molecule has 2 aromatic rings. The molecule has 0 radical (unpaired) electrons. The van der Waals surface area contributed by atoms with Gasteiger partial charge in [-0.2, -0.15) is 0 Å². The van der Waals surface area contributed by atoms with Gasteiger partial charge in [0.2, 0.25) is 0 Å². The lowest BCUT2D eigenvalue weighted by atomic mass is 10.0. The van der Waals surface area contributed by atoms with E-state index < -0.39 is 18.0 Å². The van der Waals surface area contributed by atoms with Gasteiger partial charge < -0.3 is 15.8 Å². The number of carbonyl (C=O) groups excluding carboxylic acids is 2. The van der Waals surface area contributed by atoms with E-state index in [1.54, 1.807) is 42.5 Å². The predicted molar refractivity (Wildman–Crippen MR) is 97.8 cm³/mol. The lowest BCUT2D eigenvalue weighted by Gasteiger charge is -2.18. The minimum absolute atomic E-state index is 0.0132. The molecule has 25 heavy (non-hydrogen) atoms. The highest BCUT2D eigenvalue weighted by Gasteiger charge is 2.20. The SMILES string of the molecule is NC(=O)N[C@@H](CC(=O)OCc1ccc(Cl)cc1Cl)c1ccccc1Cl. The van der Waals surface area contributed by atoms with Crippen molar-refractivity contribution >= 4 is 46.8 Å². The van der Waals surface area contributed by atoms with Crippen molar-refractivity contribution in [3.63, 3.8) is 0 Å². The first-order valence-electron chi connectivity index (χ1n) is 7.26. The normalized spacial score (nSPS) is 11.6. The van der Waals surface area contributed by atoms with Crippen LogP contribution in [0.15, 0.2) is 42.5 Å². The van der Waals surface area contributed by atoms with E-state index in [-0.39, 0.29) is 13.0 Å². The maximum Gasteiger partial charge on any atom is 0.312 e. The number of nitrogens with two attached hydrogens (primary N) is 1. The van der Waals surface area contributed by atoms with E-state index in [0.29, 0.717) is 26.2 Å². The van der Waals surface area contributed by atoms with Crippen molar-refractivity contribution in [3.05, 3.63) is 68.7 Å². The molecule has 0 saturated heterocycles. The van der Waals surface area contributed by atoms with Gasteiger partial charge in [-0.1, -0.05) is 59.1 Å². The highest BCUT2D eigenvalue weighted by molar-refractivity contribution is 6.35. The van der Waals surface area contributed by atoms with Gasteiger partial charge in [-0.05, 0) is 23.8 Å². The van der Waals surface area contributed by atoms with Crippen LogP contribution in [-0.4, -0.2) is 12.0 Å². The van der Waals surface area contributed by atoms with E-state index in [1.165, 1.54) is 0 Å². The molecule has 0 aliphatic heterocycles. The first-order chi connectivity index (χ1) is 11.9. The van der Waals surface area contributed by atoms with Crippen LogP contribution < -0.4 is 11.1 Å². The van der Waals surface area contributed by atoms with E-state index in [1.807, 2.05) is 0 Å². The number of nitrogens with one attached hydrogen (secondary N) is 1. The number of hydrogen-bond acceptors (Lipinski definition) is 3. The van der Waals surface area contributed by atoms with Crippen LogP contribution in [0.3, 0.4) is 0 Å². The topological polar surface area (TPSA) is 81.4 Å². The minimum Gasteiger partial charge on any atom is -0.461 e. The number of amides is 2. The Bertz CT molecular complexity index is 783. The maximum absolute atomic E-state index is 12.1. The lowest BCUT2D eigenvalue weighted by molar-refractivity contribution is -0.145. The Morgan fingerprint density at radius 3 is 2.44 bits per heavy atom. The summed E-state index contributed by atoms with van der Waals surface area (Å²) >= 11 is 18.0. The van der Waals surface area contributed by atoms with E-state index >= 15 is 0 Å². The minimum atomic E-state index is -0.765. The van der Waals surface area contributed by atoms with Gasteiger partial charge in [-0.15, -0.1) is 0 Å². The van der Waals surface area contributed by atoms with Crippen LogP contribution in [0, 0.1) is 0 Å². The second kappa shape index (κ2) is 8.94. The molecule has 2 amide bonds. The Kier molecular flexibility index (Phi) is 6.93. The molecule has 132 valence electrons. The lowest BCUT2D eigenvalue weighted by Crippen LogP contribution is -2.34. The number of rotatable bonds is 6. The number of carbonyl (C=O) groups is 2. The second-order valence-electron chi connectivity index (χ2n) is 5.18. The van der Waals surface area contributed by atoms with Crippen LogP contribution >= 0.6 is 34.8 Å². The molecule has 0 unspecified atom stereocenters. The molecule has 0 fully saturated rings. The first-order valence-corrected chi connectivity index (χ1v) is 8.40. The van der Waals surface area contributed by atoms with Gasteiger partial charge >= 0.3 is 12.0 Å². The van der Waals surface area contributed by atoms with Crippen molar-refractivity contribution in [3.8, 4) is 0 Å². The number of esters is 1. The van der Waals surface area contributed by atoms with Crippen LogP contribution in [0.1, 0.15) is 23.6 Å². The average molecular weight is 402 g/mol. The molecule has 0 aliphatic carbocycles. The summed E-state index contributed by atoms with van der Waals surface area (Å²) in [7, 11) is 0. The summed E-state index contributed by atoms with van der Waals surface area (Å²) in [5.41, 5.74) is 6.38. The smallest absolute Gasteiger partial charge is 0.312 e. The van der Waals surface area contributed by atoms with Gasteiger partial charge in [0.25, 0.3) is 0 Å². The molecule has 1 atom stereocenters. The summed E-state index contributed by atoms with van der Waals surface area (Å²) in [5.74, 6) is -0.537. The summed E-state index contributed by atoms with van der Waals surface area (Å²) in [4.78, 5) is 23.4. The van der Waals surface area contributed by atoms with Crippen LogP contribution in [-0.2, 0) is 16.1 Å². The zero-order chi connectivity index (χ0) is 18.4. The van der Waals surface area contributed by atoms with Gasteiger partial charge in [0.15, 0.2) is 0 Å². The maximum atomic E-state index is 12.1. The molecule has 0 saturated carbocycles. The fourth-order valence-corrected chi connectivity index (χ4v) is 2.92. The van der Waals surface area contributed by atoms with Crippen LogP contribution in [0.25, 0.3) is 0 Å². The van der Waals surface area contributed by atoms with Crippen molar-refractivity contribution < 1.29 is 14.3 Å². The van der Waals surface area contributed by atoms with E-state index in [2.05, 4.69) is 5.32 Å². The Hall–Kier alpha value is -1.95. The summed E-state index contributed by atoms with van der Waals surface area (Å²) in [6, 6.07) is 10.3. The highest BCUT2D eigenvalue weighted by Crippen LogP contribution is 2.26. The third kappa shape index (κ3) is 5.81. The monoisotopic (exact) mass is 400 g/mol. The molecule has 3 N–H and O–H groups in total. The van der Waals surface area contributed by atoms with Crippen molar-refractivity contribution in [1.29, 1.82) is 0 Å². The Morgan fingerprint density at radius 1 is 1.08 bits per heavy atom. The van der Waals surface area contributed by atoms with Crippen LogP contribution in [0.4, 0.5) is 4.79 Å². The Morgan fingerprint density at radius 2 is 1.80 bits per heavy atom. The second-order valence-corrected chi connectivity index (χ2v) is 6.43. The largest absolute Gasteiger partial charge is 0.461 e. The van der Waals surface area contributed by atoms with Gasteiger partial charge in [-0.25, -0.2) is 4.79 Å².